The van der Waals surface area contributed by atoms with E-state index in [4.69, 9.17) is 17.0 Å². The first kappa shape index (κ1) is 27.9. The van der Waals surface area contributed by atoms with E-state index in [9.17, 15) is 14.4 Å². The zero-order valence-corrected chi connectivity index (χ0v) is 21.2. The number of nitrogens with zero attached hydrogens (tertiary/aromatic N) is 1. The van der Waals surface area contributed by atoms with Crippen LogP contribution in [0.4, 0.5) is 5.69 Å². The van der Waals surface area contributed by atoms with E-state index in [1.54, 1.807) is 24.3 Å². The third-order valence-electron chi connectivity index (χ3n) is 5.32. The van der Waals surface area contributed by atoms with Crippen LogP contribution in [0.2, 0.25) is 0 Å². The van der Waals surface area contributed by atoms with Gasteiger partial charge in [0.1, 0.15) is 0 Å². The molecule has 2 aromatic rings. The van der Waals surface area contributed by atoms with Crippen molar-refractivity contribution >= 4 is 40.8 Å². The number of benzene rings is 2. The minimum Gasteiger partial charge on any atom is -0.465 e. The molecule has 2 aromatic carbocycles. The van der Waals surface area contributed by atoms with Crippen LogP contribution in [0.25, 0.3) is 0 Å². The molecule has 0 fully saturated rings. The van der Waals surface area contributed by atoms with Crippen molar-refractivity contribution in [3.05, 3.63) is 65.7 Å². The van der Waals surface area contributed by atoms with Crippen molar-refractivity contribution in [3.8, 4) is 0 Å². The topological polar surface area (TPSA) is 99.8 Å². The molecule has 35 heavy (non-hydrogen) atoms. The Morgan fingerprint density at radius 2 is 1.63 bits per heavy atom. The highest BCUT2D eigenvalue weighted by molar-refractivity contribution is 7.80. The molecule has 0 aromatic heterocycles. The smallest absolute Gasteiger partial charge is 0.306 e. The summed E-state index contributed by atoms with van der Waals surface area (Å²) < 4.78 is 5.17. The third kappa shape index (κ3) is 11.1. The number of carbonyl (C=O) groups is 3. The minimum absolute atomic E-state index is 0.0265. The molecule has 188 valence electrons. The average molecular weight is 499 g/mol. The number of hydrogen-bond acceptors (Lipinski definition) is 6. The summed E-state index contributed by atoms with van der Waals surface area (Å²) in [4.78, 5) is 38.4. The molecular formula is C26H34N4O4S. The minimum atomic E-state index is -0.430. The van der Waals surface area contributed by atoms with Crippen LogP contribution in [0.3, 0.4) is 0 Å². The largest absolute Gasteiger partial charge is 0.465 e. The number of amides is 2. The summed E-state index contributed by atoms with van der Waals surface area (Å²) in [5.41, 5.74) is 2.25. The molecule has 0 bridgehead atoms. The Hall–Kier alpha value is -3.30. The molecule has 0 saturated heterocycles. The van der Waals surface area contributed by atoms with Crippen LogP contribution in [-0.4, -0.2) is 60.6 Å². The summed E-state index contributed by atoms with van der Waals surface area (Å²) in [6.45, 7) is 7.73. The van der Waals surface area contributed by atoms with Crippen molar-refractivity contribution in [3.63, 3.8) is 0 Å². The lowest BCUT2D eigenvalue weighted by Crippen LogP contribution is -2.35. The highest BCUT2D eigenvalue weighted by Gasteiger charge is 2.11. The number of thiocarbonyl (C=S) groups is 1. The second-order valence-corrected chi connectivity index (χ2v) is 8.23. The quantitative estimate of drug-likeness (QED) is 0.288. The number of nitrogens with one attached hydrogen (secondary N) is 3. The lowest BCUT2D eigenvalue weighted by Gasteiger charge is -2.18. The second kappa shape index (κ2) is 15.6. The zero-order chi connectivity index (χ0) is 25.5. The highest BCUT2D eigenvalue weighted by Crippen LogP contribution is 2.10. The molecule has 0 unspecified atom stereocenters. The van der Waals surface area contributed by atoms with Crippen LogP contribution in [-0.2, 0) is 20.7 Å². The van der Waals surface area contributed by atoms with Crippen LogP contribution in [0.1, 0.15) is 42.6 Å². The number of esters is 1. The highest BCUT2D eigenvalue weighted by atomic mass is 32.1. The predicted molar refractivity (Wildman–Crippen MR) is 141 cm³/mol. The van der Waals surface area contributed by atoms with E-state index < -0.39 is 5.97 Å². The van der Waals surface area contributed by atoms with E-state index in [-0.39, 0.29) is 36.4 Å². The molecule has 8 nitrogen and oxygen atoms in total. The Bertz CT molecular complexity index is 963. The van der Waals surface area contributed by atoms with E-state index in [1.807, 2.05) is 30.3 Å². The Balaban J connectivity index is 1.65. The first-order chi connectivity index (χ1) is 16.9. The lowest BCUT2D eigenvalue weighted by molar-refractivity contribution is -0.144. The number of carbonyl (C=O) groups excluding carboxylic acids is 3. The van der Waals surface area contributed by atoms with E-state index in [2.05, 4.69) is 34.7 Å². The molecule has 0 heterocycles. The SMILES string of the molecule is CCN(CC)CCNC(=O)c1ccc(NC(=S)NC(=O)CCC(=O)OCCc2ccccc2)cc1. The van der Waals surface area contributed by atoms with Gasteiger partial charge in [0.25, 0.3) is 5.91 Å². The summed E-state index contributed by atoms with van der Waals surface area (Å²) in [5, 5.41) is 8.46. The molecule has 0 atom stereocenters. The maximum atomic E-state index is 12.3. The monoisotopic (exact) mass is 498 g/mol. The zero-order valence-electron chi connectivity index (χ0n) is 20.3. The van der Waals surface area contributed by atoms with E-state index in [0.29, 0.717) is 24.2 Å². The van der Waals surface area contributed by atoms with Crippen LogP contribution >= 0.6 is 12.2 Å². The van der Waals surface area contributed by atoms with Gasteiger partial charge in [0, 0.05) is 37.2 Å². The number of rotatable bonds is 13. The molecule has 2 rings (SSSR count). The van der Waals surface area contributed by atoms with Gasteiger partial charge in [-0.15, -0.1) is 0 Å². The van der Waals surface area contributed by atoms with Gasteiger partial charge < -0.3 is 25.6 Å². The average Bonchev–Trinajstić information content (AvgIpc) is 2.86. The first-order valence-electron chi connectivity index (χ1n) is 11.8. The van der Waals surface area contributed by atoms with Gasteiger partial charge in [0.2, 0.25) is 5.91 Å². The number of ether oxygens (including phenoxy) is 1. The van der Waals surface area contributed by atoms with Crippen molar-refractivity contribution in [2.45, 2.75) is 33.1 Å². The maximum Gasteiger partial charge on any atom is 0.306 e. The molecule has 9 heteroatoms. The fourth-order valence-electron chi connectivity index (χ4n) is 3.24. The molecule has 2 amide bonds. The molecule has 0 aliphatic heterocycles. The fraction of sp³-hybridized carbons (Fsp3) is 0.385. The summed E-state index contributed by atoms with van der Waals surface area (Å²) in [6, 6.07) is 16.5. The summed E-state index contributed by atoms with van der Waals surface area (Å²) in [6.07, 6.45) is 0.573. The van der Waals surface area contributed by atoms with Crippen molar-refractivity contribution < 1.29 is 19.1 Å². The molecular weight excluding hydrogens is 464 g/mol. The first-order valence-corrected chi connectivity index (χ1v) is 12.2. The molecule has 0 spiro atoms. The van der Waals surface area contributed by atoms with Gasteiger partial charge in [-0.25, -0.2) is 0 Å². The standard InChI is InChI=1S/C26H34N4O4S/c1-3-30(4-2)18-17-27-25(33)21-10-12-22(13-11-21)28-26(35)29-23(31)14-15-24(32)34-19-16-20-8-6-5-7-9-20/h5-13H,3-4,14-19H2,1-2H3,(H,27,33)(H2,28,29,31,35). The van der Waals surface area contributed by atoms with Gasteiger partial charge in [0.05, 0.1) is 13.0 Å². The van der Waals surface area contributed by atoms with Crippen LogP contribution in [0.15, 0.2) is 54.6 Å². The van der Waals surface area contributed by atoms with Gasteiger partial charge in [-0.2, -0.15) is 0 Å². The van der Waals surface area contributed by atoms with Gasteiger partial charge in [-0.3, -0.25) is 14.4 Å². The molecule has 0 aliphatic carbocycles. The summed E-state index contributed by atoms with van der Waals surface area (Å²) in [7, 11) is 0. The Morgan fingerprint density at radius 1 is 0.943 bits per heavy atom. The van der Waals surface area contributed by atoms with E-state index >= 15 is 0 Å². The van der Waals surface area contributed by atoms with Crippen molar-refractivity contribution in [2.75, 3.05) is 38.1 Å². The number of likely N-dealkylation sites (N-methyl/N-ethyl adjacent to an activating group) is 1. The van der Waals surface area contributed by atoms with Gasteiger partial charge >= 0.3 is 5.97 Å². The van der Waals surface area contributed by atoms with Crippen LogP contribution in [0.5, 0.6) is 0 Å². The lowest BCUT2D eigenvalue weighted by atomic mass is 10.2. The third-order valence-corrected chi connectivity index (χ3v) is 5.52. The van der Waals surface area contributed by atoms with Gasteiger partial charge in [0.15, 0.2) is 5.11 Å². The van der Waals surface area contributed by atoms with Crippen molar-refractivity contribution in [2.24, 2.45) is 0 Å². The fourth-order valence-corrected chi connectivity index (χ4v) is 3.47. The van der Waals surface area contributed by atoms with Crippen molar-refractivity contribution in [1.82, 2.24) is 15.5 Å². The molecule has 3 N–H and O–H groups in total. The number of hydrogen-bond donors (Lipinski definition) is 3. The Labute approximate surface area is 212 Å². The maximum absolute atomic E-state index is 12.3. The molecule has 0 radical (unpaired) electrons. The van der Waals surface area contributed by atoms with Crippen LogP contribution < -0.4 is 16.0 Å². The Kier molecular flexibility index (Phi) is 12.4. The summed E-state index contributed by atoms with van der Waals surface area (Å²) in [5.74, 6) is -0.956. The van der Waals surface area contributed by atoms with Gasteiger partial charge in [-0.1, -0.05) is 44.2 Å². The van der Waals surface area contributed by atoms with Gasteiger partial charge in [-0.05, 0) is 55.1 Å². The van der Waals surface area contributed by atoms with Crippen molar-refractivity contribution in [1.29, 1.82) is 0 Å². The van der Waals surface area contributed by atoms with E-state index in [1.165, 1.54) is 0 Å². The molecule has 0 saturated carbocycles. The second-order valence-electron chi connectivity index (χ2n) is 7.82. The van der Waals surface area contributed by atoms with E-state index in [0.717, 1.165) is 25.2 Å². The van der Waals surface area contributed by atoms with Crippen LogP contribution in [0, 0.1) is 0 Å². The Morgan fingerprint density at radius 3 is 2.29 bits per heavy atom. The molecule has 0 aliphatic rings. The normalized spacial score (nSPS) is 10.5. The summed E-state index contributed by atoms with van der Waals surface area (Å²) >= 11 is 5.16. The predicted octanol–water partition coefficient (Wildman–Crippen LogP) is 3.14. The number of anilines is 1.